The summed E-state index contributed by atoms with van der Waals surface area (Å²) in [5, 5.41) is 23.2. The van der Waals surface area contributed by atoms with E-state index in [4.69, 9.17) is 0 Å². The largest absolute Gasteiger partial charge is 0.345 e. The van der Waals surface area contributed by atoms with Gasteiger partial charge in [-0.2, -0.15) is 10.2 Å². The van der Waals surface area contributed by atoms with E-state index in [2.05, 4.69) is 20.6 Å². The Morgan fingerprint density at radius 3 is 3.05 bits per heavy atom. The van der Waals surface area contributed by atoms with E-state index < -0.39 is 10.8 Å². The smallest absolute Gasteiger partial charge is 0.319 e. The van der Waals surface area contributed by atoms with Crippen LogP contribution in [-0.2, 0) is 13.1 Å². The lowest BCUT2D eigenvalue weighted by Gasteiger charge is -2.00. The van der Waals surface area contributed by atoms with Crippen LogP contribution in [0, 0.1) is 10.1 Å². The van der Waals surface area contributed by atoms with Gasteiger partial charge in [0.1, 0.15) is 6.20 Å². The molecule has 0 saturated carbocycles. The quantitative estimate of drug-likeness (QED) is 0.600. The van der Waals surface area contributed by atoms with Crippen LogP contribution in [0.2, 0.25) is 0 Å². The van der Waals surface area contributed by atoms with Gasteiger partial charge in [-0.3, -0.25) is 24.7 Å². The Labute approximate surface area is 107 Å². The van der Waals surface area contributed by atoms with Crippen LogP contribution in [-0.4, -0.2) is 30.8 Å². The normalized spacial score (nSPS) is 10.4. The van der Waals surface area contributed by atoms with Gasteiger partial charge < -0.3 is 5.32 Å². The Morgan fingerprint density at radius 1 is 1.63 bits per heavy atom. The van der Waals surface area contributed by atoms with Crippen LogP contribution >= 0.6 is 0 Å². The summed E-state index contributed by atoms with van der Waals surface area (Å²) in [6.07, 6.45) is 2.79. The fourth-order valence-electron chi connectivity index (χ4n) is 1.52. The van der Waals surface area contributed by atoms with Gasteiger partial charge in [-0.05, 0) is 13.0 Å². The number of nitro groups is 1. The monoisotopic (exact) mass is 264 g/mol. The number of H-pyrrole nitrogens is 1. The average molecular weight is 264 g/mol. The van der Waals surface area contributed by atoms with Crippen LogP contribution < -0.4 is 5.32 Å². The van der Waals surface area contributed by atoms with Crippen molar-refractivity contribution in [1.29, 1.82) is 0 Å². The number of aromatic amines is 1. The van der Waals surface area contributed by atoms with E-state index in [0.717, 1.165) is 12.7 Å². The molecule has 0 spiro atoms. The Bertz CT molecular complexity index is 602. The summed E-state index contributed by atoms with van der Waals surface area (Å²) >= 11 is 0. The van der Waals surface area contributed by atoms with Gasteiger partial charge in [0.25, 0.3) is 5.91 Å². The lowest BCUT2D eigenvalue weighted by molar-refractivity contribution is -0.385. The summed E-state index contributed by atoms with van der Waals surface area (Å²) in [6, 6.07) is 1.77. The predicted octanol–water partition coefficient (Wildman–Crippen LogP) is 0.464. The van der Waals surface area contributed by atoms with Crippen molar-refractivity contribution in [2.45, 2.75) is 20.0 Å². The van der Waals surface area contributed by atoms with Crippen LogP contribution in [0.15, 0.2) is 18.5 Å². The molecule has 2 aromatic heterocycles. The van der Waals surface area contributed by atoms with Crippen molar-refractivity contribution in [3.05, 3.63) is 40.0 Å². The molecule has 0 unspecified atom stereocenters. The number of amides is 1. The zero-order valence-corrected chi connectivity index (χ0v) is 10.2. The number of nitrogens with zero attached hydrogens (tertiary/aromatic N) is 4. The van der Waals surface area contributed by atoms with E-state index in [1.165, 1.54) is 0 Å². The molecule has 100 valence electrons. The third kappa shape index (κ3) is 2.76. The highest BCUT2D eigenvalue weighted by molar-refractivity contribution is 5.95. The van der Waals surface area contributed by atoms with Gasteiger partial charge in [0.15, 0.2) is 0 Å². The number of nitrogens with one attached hydrogen (secondary N) is 2. The molecule has 0 aliphatic carbocycles. The van der Waals surface area contributed by atoms with E-state index in [1.807, 2.05) is 6.92 Å². The van der Waals surface area contributed by atoms with Gasteiger partial charge in [0.2, 0.25) is 5.69 Å². The molecule has 0 saturated heterocycles. The average Bonchev–Trinajstić information content (AvgIpc) is 3.04. The predicted molar refractivity (Wildman–Crippen MR) is 64.3 cm³/mol. The summed E-state index contributed by atoms with van der Waals surface area (Å²) < 4.78 is 1.72. The lowest BCUT2D eigenvalue weighted by Crippen LogP contribution is -2.24. The maximum atomic E-state index is 11.8. The first-order valence-corrected chi connectivity index (χ1v) is 5.60. The molecule has 0 atom stereocenters. The first-order valence-electron chi connectivity index (χ1n) is 5.60. The first-order chi connectivity index (χ1) is 9.11. The van der Waals surface area contributed by atoms with Crippen molar-refractivity contribution >= 4 is 11.6 Å². The van der Waals surface area contributed by atoms with Crippen molar-refractivity contribution in [3.63, 3.8) is 0 Å². The molecule has 0 radical (unpaired) electrons. The molecule has 0 aromatic carbocycles. The van der Waals surface area contributed by atoms with Crippen molar-refractivity contribution in [2.24, 2.45) is 0 Å². The molecular formula is C10H12N6O3. The summed E-state index contributed by atoms with van der Waals surface area (Å²) in [5.41, 5.74) is 0.161. The molecule has 2 aromatic rings. The zero-order valence-electron chi connectivity index (χ0n) is 10.2. The van der Waals surface area contributed by atoms with E-state index in [0.29, 0.717) is 5.69 Å². The van der Waals surface area contributed by atoms with Gasteiger partial charge in [-0.25, -0.2) is 0 Å². The highest BCUT2D eigenvalue weighted by Gasteiger charge is 2.22. The second kappa shape index (κ2) is 5.29. The number of hydrogen-bond donors (Lipinski definition) is 2. The van der Waals surface area contributed by atoms with Gasteiger partial charge in [0, 0.05) is 12.7 Å². The maximum Gasteiger partial charge on any atom is 0.319 e. The van der Waals surface area contributed by atoms with Crippen molar-refractivity contribution < 1.29 is 9.72 Å². The Balaban J connectivity index is 2.01. The number of carbonyl (C=O) groups excluding carboxylic acids is 1. The molecule has 2 rings (SSSR count). The van der Waals surface area contributed by atoms with Gasteiger partial charge in [0.05, 0.1) is 17.2 Å². The SMILES string of the molecule is CCn1ccc(CNC(=O)c2[nH]ncc2[N+](=O)[O-])n1. The van der Waals surface area contributed by atoms with Crippen LogP contribution in [0.3, 0.4) is 0 Å². The minimum atomic E-state index is -0.662. The molecule has 0 aliphatic heterocycles. The third-order valence-corrected chi connectivity index (χ3v) is 2.49. The standard InChI is InChI=1S/C10H12N6O3/c1-2-15-4-3-7(14-15)5-11-10(17)9-8(16(18)19)6-12-13-9/h3-4,6H,2,5H2,1H3,(H,11,17)(H,12,13). The molecule has 9 nitrogen and oxygen atoms in total. The summed E-state index contributed by atoms with van der Waals surface area (Å²) in [4.78, 5) is 21.8. The third-order valence-electron chi connectivity index (χ3n) is 2.49. The van der Waals surface area contributed by atoms with Gasteiger partial charge >= 0.3 is 5.69 Å². The zero-order chi connectivity index (χ0) is 13.8. The van der Waals surface area contributed by atoms with Crippen LogP contribution in [0.25, 0.3) is 0 Å². The highest BCUT2D eigenvalue weighted by atomic mass is 16.6. The number of rotatable bonds is 5. The van der Waals surface area contributed by atoms with Crippen LogP contribution in [0.5, 0.6) is 0 Å². The maximum absolute atomic E-state index is 11.8. The van der Waals surface area contributed by atoms with Crippen LogP contribution in [0.4, 0.5) is 5.69 Å². The van der Waals surface area contributed by atoms with Gasteiger partial charge in [-0.15, -0.1) is 0 Å². The molecule has 19 heavy (non-hydrogen) atoms. The first kappa shape index (κ1) is 12.7. The van der Waals surface area contributed by atoms with Gasteiger partial charge in [-0.1, -0.05) is 0 Å². The number of aromatic nitrogens is 4. The molecular weight excluding hydrogens is 252 g/mol. The fourth-order valence-corrected chi connectivity index (χ4v) is 1.52. The Hall–Kier alpha value is -2.71. The topological polar surface area (TPSA) is 119 Å². The lowest BCUT2D eigenvalue weighted by atomic mass is 10.3. The second-order valence-electron chi connectivity index (χ2n) is 3.73. The summed E-state index contributed by atoms with van der Waals surface area (Å²) in [6.45, 7) is 2.88. The molecule has 0 aliphatic rings. The van der Waals surface area contributed by atoms with Crippen molar-refractivity contribution in [2.75, 3.05) is 0 Å². The summed E-state index contributed by atoms with van der Waals surface area (Å²) in [7, 11) is 0. The Morgan fingerprint density at radius 2 is 2.42 bits per heavy atom. The molecule has 2 heterocycles. The molecule has 0 fully saturated rings. The fraction of sp³-hybridized carbons (Fsp3) is 0.300. The number of carbonyl (C=O) groups is 1. The highest BCUT2D eigenvalue weighted by Crippen LogP contribution is 2.13. The summed E-state index contributed by atoms with van der Waals surface area (Å²) in [5.74, 6) is -0.588. The molecule has 1 amide bonds. The Kier molecular flexibility index (Phi) is 3.55. The minimum absolute atomic E-state index is 0.167. The van der Waals surface area contributed by atoms with Crippen molar-refractivity contribution in [3.8, 4) is 0 Å². The molecule has 2 N–H and O–H groups in total. The van der Waals surface area contributed by atoms with Crippen molar-refractivity contribution in [1.82, 2.24) is 25.3 Å². The number of aryl methyl sites for hydroxylation is 1. The molecule has 0 bridgehead atoms. The second-order valence-corrected chi connectivity index (χ2v) is 3.73. The molecule has 9 heteroatoms. The van der Waals surface area contributed by atoms with E-state index in [1.54, 1.807) is 16.9 Å². The minimum Gasteiger partial charge on any atom is -0.345 e. The van der Waals surface area contributed by atoms with Crippen LogP contribution in [0.1, 0.15) is 23.1 Å². The van der Waals surface area contributed by atoms with E-state index in [-0.39, 0.29) is 17.9 Å². The van der Waals surface area contributed by atoms with E-state index >= 15 is 0 Å². The van der Waals surface area contributed by atoms with E-state index in [9.17, 15) is 14.9 Å². The number of hydrogen-bond acceptors (Lipinski definition) is 5.